The molecular formula is C14H25N3O. The van der Waals surface area contributed by atoms with Gasteiger partial charge in [-0.3, -0.25) is 4.79 Å². The van der Waals surface area contributed by atoms with Crippen LogP contribution in [0.1, 0.15) is 25.7 Å². The number of hydrogen-bond acceptors (Lipinski definition) is 3. The van der Waals surface area contributed by atoms with E-state index in [0.29, 0.717) is 0 Å². The summed E-state index contributed by atoms with van der Waals surface area (Å²) in [5.41, 5.74) is 0. The highest BCUT2D eigenvalue weighted by atomic mass is 16.2. The first-order valence-electron chi connectivity index (χ1n) is 7.43. The minimum Gasteiger partial charge on any atom is -0.344 e. The molecule has 18 heavy (non-hydrogen) atoms. The lowest BCUT2D eigenvalue weighted by atomic mass is 9.88. The Morgan fingerprint density at radius 2 is 2.17 bits per heavy atom. The van der Waals surface area contributed by atoms with Gasteiger partial charge in [-0.15, -0.1) is 0 Å². The van der Waals surface area contributed by atoms with E-state index in [1.54, 1.807) is 0 Å². The van der Waals surface area contributed by atoms with E-state index in [0.717, 1.165) is 43.9 Å². The van der Waals surface area contributed by atoms with Gasteiger partial charge >= 0.3 is 0 Å². The van der Waals surface area contributed by atoms with Crippen molar-refractivity contribution in [1.29, 1.82) is 0 Å². The van der Waals surface area contributed by atoms with Gasteiger partial charge in [-0.2, -0.15) is 0 Å². The Morgan fingerprint density at radius 3 is 2.78 bits per heavy atom. The number of rotatable bonds is 3. The minimum atomic E-state index is -0.0117. The van der Waals surface area contributed by atoms with Gasteiger partial charge in [0.25, 0.3) is 0 Å². The predicted octanol–water partition coefficient (Wildman–Crippen LogP) is 0.442. The van der Waals surface area contributed by atoms with E-state index in [4.69, 9.17) is 0 Å². The highest BCUT2D eigenvalue weighted by Crippen LogP contribution is 2.48. The van der Waals surface area contributed by atoms with Crippen molar-refractivity contribution >= 4 is 5.91 Å². The van der Waals surface area contributed by atoms with Gasteiger partial charge in [-0.1, -0.05) is 6.42 Å². The summed E-state index contributed by atoms with van der Waals surface area (Å²) in [6, 6.07) is -0.0117. The predicted molar refractivity (Wildman–Crippen MR) is 71.2 cm³/mol. The number of nitrogens with zero attached hydrogens (tertiary/aromatic N) is 1. The summed E-state index contributed by atoms with van der Waals surface area (Å²) in [7, 11) is 1.98. The highest BCUT2D eigenvalue weighted by Gasteiger charge is 2.40. The second-order valence-corrected chi connectivity index (χ2v) is 6.36. The third-order valence-electron chi connectivity index (χ3n) is 5.11. The molecule has 4 unspecified atom stereocenters. The van der Waals surface area contributed by atoms with Crippen LogP contribution in [-0.2, 0) is 4.79 Å². The van der Waals surface area contributed by atoms with Gasteiger partial charge in [0.2, 0.25) is 5.91 Å². The van der Waals surface area contributed by atoms with Crippen LogP contribution in [-0.4, -0.2) is 50.1 Å². The molecular weight excluding hydrogens is 226 g/mol. The Kier molecular flexibility index (Phi) is 3.57. The van der Waals surface area contributed by atoms with Crippen LogP contribution in [0.15, 0.2) is 0 Å². The smallest absolute Gasteiger partial charge is 0.240 e. The second-order valence-electron chi connectivity index (χ2n) is 6.36. The molecule has 2 N–H and O–H groups in total. The number of amides is 1. The summed E-state index contributed by atoms with van der Waals surface area (Å²) in [5, 5.41) is 6.59. The Morgan fingerprint density at radius 1 is 1.28 bits per heavy atom. The lowest BCUT2D eigenvalue weighted by Crippen LogP contribution is -2.56. The average molecular weight is 251 g/mol. The van der Waals surface area contributed by atoms with Crippen molar-refractivity contribution in [2.45, 2.75) is 31.7 Å². The van der Waals surface area contributed by atoms with Gasteiger partial charge in [0.15, 0.2) is 0 Å². The number of likely N-dealkylation sites (N-methyl/N-ethyl adjacent to an activating group) is 1. The van der Waals surface area contributed by atoms with Crippen LogP contribution in [0.5, 0.6) is 0 Å². The fourth-order valence-electron chi connectivity index (χ4n) is 4.14. The Hall–Kier alpha value is -0.610. The Bertz CT molecular complexity index is 314. The summed E-state index contributed by atoms with van der Waals surface area (Å²) in [5.74, 6) is 2.92. The standard InChI is InChI=1S/C14H25N3O/c1-17(14(18)13-8-15-4-5-16-13)9-12-7-10-2-3-11(12)6-10/h10-13,15-16H,2-9H2,1H3. The van der Waals surface area contributed by atoms with E-state index >= 15 is 0 Å². The van der Waals surface area contributed by atoms with Gasteiger partial charge in [0.1, 0.15) is 0 Å². The van der Waals surface area contributed by atoms with Crippen molar-refractivity contribution < 1.29 is 4.79 Å². The van der Waals surface area contributed by atoms with Crippen LogP contribution in [0.3, 0.4) is 0 Å². The number of carbonyl (C=O) groups is 1. The zero-order valence-corrected chi connectivity index (χ0v) is 11.3. The van der Waals surface area contributed by atoms with E-state index in [9.17, 15) is 4.79 Å². The zero-order valence-electron chi connectivity index (χ0n) is 11.3. The maximum absolute atomic E-state index is 12.3. The normalized spacial score (nSPS) is 38.9. The summed E-state index contributed by atoms with van der Waals surface area (Å²) in [6.07, 6.45) is 5.63. The van der Waals surface area contributed by atoms with Crippen molar-refractivity contribution in [1.82, 2.24) is 15.5 Å². The molecule has 4 atom stereocenters. The fraction of sp³-hybridized carbons (Fsp3) is 0.929. The van der Waals surface area contributed by atoms with Crippen LogP contribution in [0.25, 0.3) is 0 Å². The first kappa shape index (κ1) is 12.4. The van der Waals surface area contributed by atoms with E-state index in [2.05, 4.69) is 10.6 Å². The van der Waals surface area contributed by atoms with Crippen LogP contribution < -0.4 is 10.6 Å². The van der Waals surface area contributed by atoms with Crippen molar-refractivity contribution in [3.05, 3.63) is 0 Å². The second kappa shape index (κ2) is 5.17. The fourth-order valence-corrected chi connectivity index (χ4v) is 4.14. The van der Waals surface area contributed by atoms with Crippen molar-refractivity contribution in [3.63, 3.8) is 0 Å². The lowest BCUT2D eigenvalue weighted by Gasteiger charge is -2.31. The molecule has 3 aliphatic rings. The summed E-state index contributed by atoms with van der Waals surface area (Å²) in [4.78, 5) is 14.3. The molecule has 0 aromatic carbocycles. The maximum atomic E-state index is 12.3. The molecule has 0 aromatic heterocycles. The summed E-state index contributed by atoms with van der Waals surface area (Å²) < 4.78 is 0. The van der Waals surface area contributed by atoms with E-state index in [1.807, 2.05) is 11.9 Å². The van der Waals surface area contributed by atoms with Crippen LogP contribution in [0, 0.1) is 17.8 Å². The third-order valence-corrected chi connectivity index (χ3v) is 5.11. The van der Waals surface area contributed by atoms with E-state index < -0.39 is 0 Å². The summed E-state index contributed by atoms with van der Waals surface area (Å²) >= 11 is 0. The summed E-state index contributed by atoms with van der Waals surface area (Å²) in [6.45, 7) is 3.62. The highest BCUT2D eigenvalue weighted by molar-refractivity contribution is 5.82. The zero-order chi connectivity index (χ0) is 12.5. The molecule has 1 amide bonds. The van der Waals surface area contributed by atoms with Gasteiger partial charge in [-0.05, 0) is 37.0 Å². The molecule has 4 nitrogen and oxygen atoms in total. The van der Waals surface area contributed by atoms with Crippen LogP contribution >= 0.6 is 0 Å². The number of hydrogen-bond donors (Lipinski definition) is 2. The number of nitrogens with one attached hydrogen (secondary N) is 2. The molecule has 3 rings (SSSR count). The van der Waals surface area contributed by atoms with E-state index in [-0.39, 0.29) is 11.9 Å². The monoisotopic (exact) mass is 251 g/mol. The van der Waals surface area contributed by atoms with Gasteiger partial charge in [0.05, 0.1) is 6.04 Å². The Balaban J connectivity index is 1.51. The molecule has 2 aliphatic carbocycles. The van der Waals surface area contributed by atoms with Gasteiger partial charge < -0.3 is 15.5 Å². The Labute approximate surface area is 109 Å². The minimum absolute atomic E-state index is 0.0117. The molecule has 2 bridgehead atoms. The molecule has 1 aliphatic heterocycles. The molecule has 2 saturated carbocycles. The van der Waals surface area contributed by atoms with Crippen LogP contribution in [0.2, 0.25) is 0 Å². The van der Waals surface area contributed by atoms with Gasteiger partial charge in [0, 0.05) is 33.2 Å². The number of fused-ring (bicyclic) bond motifs is 2. The lowest BCUT2D eigenvalue weighted by molar-refractivity contribution is -0.133. The molecule has 4 heteroatoms. The molecule has 3 fully saturated rings. The van der Waals surface area contributed by atoms with E-state index in [1.165, 1.54) is 25.7 Å². The van der Waals surface area contributed by atoms with Crippen molar-refractivity contribution in [3.8, 4) is 0 Å². The van der Waals surface area contributed by atoms with Crippen LogP contribution in [0.4, 0.5) is 0 Å². The number of piperazine rings is 1. The largest absolute Gasteiger partial charge is 0.344 e. The molecule has 1 saturated heterocycles. The first-order chi connectivity index (χ1) is 8.74. The number of carbonyl (C=O) groups excluding carboxylic acids is 1. The molecule has 102 valence electrons. The average Bonchev–Trinajstić information content (AvgIpc) is 3.01. The molecule has 0 aromatic rings. The van der Waals surface area contributed by atoms with Crippen molar-refractivity contribution in [2.24, 2.45) is 17.8 Å². The molecule has 0 radical (unpaired) electrons. The maximum Gasteiger partial charge on any atom is 0.240 e. The quantitative estimate of drug-likeness (QED) is 0.765. The SMILES string of the molecule is CN(CC1CC2CCC1C2)C(=O)C1CNCCN1. The third kappa shape index (κ3) is 2.41. The topological polar surface area (TPSA) is 44.4 Å². The van der Waals surface area contributed by atoms with Crippen molar-refractivity contribution in [2.75, 3.05) is 33.2 Å². The molecule has 0 spiro atoms. The first-order valence-corrected chi connectivity index (χ1v) is 7.43. The van der Waals surface area contributed by atoms with Gasteiger partial charge in [-0.25, -0.2) is 0 Å². The molecule has 1 heterocycles.